The lowest BCUT2D eigenvalue weighted by atomic mass is 10.1. The van der Waals surface area contributed by atoms with Gasteiger partial charge in [0.2, 0.25) is 0 Å². The van der Waals surface area contributed by atoms with Gasteiger partial charge in [0.1, 0.15) is 11.3 Å². The van der Waals surface area contributed by atoms with Gasteiger partial charge >= 0.3 is 5.63 Å². The Kier molecular flexibility index (Phi) is 4.42. The van der Waals surface area contributed by atoms with Crippen molar-refractivity contribution >= 4 is 11.0 Å². The van der Waals surface area contributed by atoms with Crippen LogP contribution in [0.2, 0.25) is 0 Å². The minimum atomic E-state index is -0.414. The molecule has 3 aromatic rings. The number of methoxy groups -OCH3 is 2. The van der Waals surface area contributed by atoms with Gasteiger partial charge in [-0.2, -0.15) is 0 Å². The summed E-state index contributed by atoms with van der Waals surface area (Å²) in [4.78, 5) is 12.4. The first-order valence-electron chi connectivity index (χ1n) is 7.59. The molecule has 1 aromatic heterocycles. The van der Waals surface area contributed by atoms with E-state index < -0.39 is 5.63 Å². The first kappa shape index (κ1) is 15.9. The first-order valence-corrected chi connectivity index (χ1v) is 7.59. The summed E-state index contributed by atoms with van der Waals surface area (Å²) < 4.78 is 21.4. The number of hydrogen-bond donors (Lipinski definition) is 0. The summed E-state index contributed by atoms with van der Waals surface area (Å²) >= 11 is 0. The fourth-order valence-corrected chi connectivity index (χ4v) is 2.55. The lowest BCUT2D eigenvalue weighted by Gasteiger charge is -2.10. The summed E-state index contributed by atoms with van der Waals surface area (Å²) in [5.74, 6) is 1.83. The molecule has 0 bridgehead atoms. The molecule has 124 valence electrons. The molecule has 0 saturated heterocycles. The Labute approximate surface area is 139 Å². The SMILES string of the molecule is CCOc1ccc2cc(-c3ccc(OC)c(OC)c3)c(=O)oc2c1. The largest absolute Gasteiger partial charge is 0.494 e. The van der Waals surface area contributed by atoms with E-state index in [0.717, 1.165) is 5.39 Å². The van der Waals surface area contributed by atoms with Crippen LogP contribution in [0.3, 0.4) is 0 Å². The lowest BCUT2D eigenvalue weighted by molar-refractivity contribution is 0.340. The zero-order chi connectivity index (χ0) is 17.1. The van der Waals surface area contributed by atoms with E-state index in [1.165, 1.54) is 0 Å². The number of benzene rings is 2. The highest BCUT2D eigenvalue weighted by Crippen LogP contribution is 2.32. The van der Waals surface area contributed by atoms with E-state index in [1.807, 2.05) is 19.1 Å². The van der Waals surface area contributed by atoms with Crippen molar-refractivity contribution in [3.8, 4) is 28.4 Å². The van der Waals surface area contributed by atoms with Crippen molar-refractivity contribution in [2.24, 2.45) is 0 Å². The number of hydrogen-bond acceptors (Lipinski definition) is 5. The van der Waals surface area contributed by atoms with Gasteiger partial charge in [-0.15, -0.1) is 0 Å². The molecule has 0 radical (unpaired) electrons. The van der Waals surface area contributed by atoms with Crippen LogP contribution in [0.15, 0.2) is 51.7 Å². The van der Waals surface area contributed by atoms with Crippen molar-refractivity contribution in [1.29, 1.82) is 0 Å². The Morgan fingerprint density at radius 2 is 1.75 bits per heavy atom. The van der Waals surface area contributed by atoms with Gasteiger partial charge in [0.15, 0.2) is 11.5 Å². The lowest BCUT2D eigenvalue weighted by Crippen LogP contribution is -2.03. The molecule has 0 spiro atoms. The monoisotopic (exact) mass is 326 g/mol. The molecule has 1 heterocycles. The molecule has 0 amide bonds. The molecule has 5 heteroatoms. The van der Waals surface area contributed by atoms with Crippen molar-refractivity contribution in [2.75, 3.05) is 20.8 Å². The van der Waals surface area contributed by atoms with Gasteiger partial charge in [-0.05, 0) is 42.8 Å². The summed E-state index contributed by atoms with van der Waals surface area (Å²) in [6.45, 7) is 2.46. The van der Waals surface area contributed by atoms with E-state index in [0.29, 0.717) is 40.6 Å². The third-order valence-electron chi connectivity index (χ3n) is 3.71. The van der Waals surface area contributed by atoms with E-state index >= 15 is 0 Å². The Morgan fingerprint density at radius 1 is 0.958 bits per heavy atom. The van der Waals surface area contributed by atoms with Crippen LogP contribution in [0.1, 0.15) is 6.92 Å². The summed E-state index contributed by atoms with van der Waals surface area (Å²) in [5, 5.41) is 0.822. The van der Waals surface area contributed by atoms with Crippen molar-refractivity contribution in [3.05, 3.63) is 52.9 Å². The molecule has 0 N–H and O–H groups in total. The number of ether oxygens (including phenoxy) is 3. The van der Waals surface area contributed by atoms with Crippen LogP contribution in [0.4, 0.5) is 0 Å². The molecule has 3 rings (SSSR count). The van der Waals surface area contributed by atoms with E-state index in [-0.39, 0.29) is 0 Å². The molecule has 0 aliphatic rings. The van der Waals surface area contributed by atoms with Crippen LogP contribution >= 0.6 is 0 Å². The molecule has 0 unspecified atom stereocenters. The molecule has 2 aromatic carbocycles. The second-order valence-corrected chi connectivity index (χ2v) is 5.15. The maximum Gasteiger partial charge on any atom is 0.344 e. The van der Waals surface area contributed by atoms with Gasteiger partial charge in [0, 0.05) is 11.5 Å². The third-order valence-corrected chi connectivity index (χ3v) is 3.71. The summed E-state index contributed by atoms with van der Waals surface area (Å²) in [6, 6.07) is 12.6. The fraction of sp³-hybridized carbons (Fsp3) is 0.211. The molecule has 0 aliphatic carbocycles. The Morgan fingerprint density at radius 3 is 2.46 bits per heavy atom. The molecular formula is C19H18O5. The normalized spacial score (nSPS) is 10.6. The van der Waals surface area contributed by atoms with Crippen LogP contribution in [0.25, 0.3) is 22.1 Å². The molecule has 24 heavy (non-hydrogen) atoms. The van der Waals surface area contributed by atoms with Gasteiger partial charge in [-0.1, -0.05) is 6.07 Å². The molecule has 0 saturated carbocycles. The average molecular weight is 326 g/mol. The summed E-state index contributed by atoms with van der Waals surface area (Å²) in [7, 11) is 3.12. The maximum absolute atomic E-state index is 12.4. The second kappa shape index (κ2) is 6.66. The van der Waals surface area contributed by atoms with Crippen LogP contribution in [-0.4, -0.2) is 20.8 Å². The molecule has 0 atom stereocenters. The van der Waals surface area contributed by atoms with Gasteiger partial charge < -0.3 is 18.6 Å². The van der Waals surface area contributed by atoms with Gasteiger partial charge in [-0.3, -0.25) is 0 Å². The van der Waals surface area contributed by atoms with Crippen molar-refractivity contribution in [2.45, 2.75) is 6.92 Å². The minimum Gasteiger partial charge on any atom is -0.494 e. The first-order chi connectivity index (χ1) is 11.7. The predicted octanol–water partition coefficient (Wildman–Crippen LogP) is 3.88. The maximum atomic E-state index is 12.4. The molecule has 5 nitrogen and oxygen atoms in total. The predicted molar refractivity (Wildman–Crippen MR) is 92.2 cm³/mol. The topological polar surface area (TPSA) is 57.9 Å². The Balaban J connectivity index is 2.11. The fourth-order valence-electron chi connectivity index (χ4n) is 2.55. The third kappa shape index (κ3) is 2.93. The quantitative estimate of drug-likeness (QED) is 0.666. The summed E-state index contributed by atoms with van der Waals surface area (Å²) in [5.41, 5.74) is 1.25. The van der Waals surface area contributed by atoms with Gasteiger partial charge in [0.05, 0.1) is 26.4 Å². The zero-order valence-electron chi connectivity index (χ0n) is 13.8. The van der Waals surface area contributed by atoms with E-state index in [9.17, 15) is 4.79 Å². The number of fused-ring (bicyclic) bond motifs is 1. The molecule has 0 fully saturated rings. The van der Waals surface area contributed by atoms with E-state index in [1.54, 1.807) is 44.6 Å². The minimum absolute atomic E-state index is 0.414. The van der Waals surface area contributed by atoms with Crippen molar-refractivity contribution in [3.63, 3.8) is 0 Å². The second-order valence-electron chi connectivity index (χ2n) is 5.15. The van der Waals surface area contributed by atoms with Crippen LogP contribution in [-0.2, 0) is 0 Å². The number of rotatable bonds is 5. The highest BCUT2D eigenvalue weighted by atomic mass is 16.5. The Bertz CT molecular complexity index is 927. The van der Waals surface area contributed by atoms with E-state index in [2.05, 4.69) is 0 Å². The highest BCUT2D eigenvalue weighted by molar-refractivity contribution is 5.83. The van der Waals surface area contributed by atoms with Crippen LogP contribution in [0.5, 0.6) is 17.2 Å². The standard InChI is InChI=1S/C19H18O5/c1-4-23-14-7-5-13-9-15(19(20)24-17(13)11-14)12-6-8-16(21-2)18(10-12)22-3/h5-11H,4H2,1-3H3. The zero-order valence-corrected chi connectivity index (χ0v) is 13.8. The van der Waals surface area contributed by atoms with Crippen LogP contribution in [0, 0.1) is 0 Å². The molecule has 0 aliphatic heterocycles. The molecular weight excluding hydrogens is 308 g/mol. The van der Waals surface area contributed by atoms with Crippen molar-refractivity contribution < 1.29 is 18.6 Å². The van der Waals surface area contributed by atoms with Gasteiger partial charge in [-0.25, -0.2) is 4.79 Å². The smallest absolute Gasteiger partial charge is 0.344 e. The van der Waals surface area contributed by atoms with Crippen LogP contribution < -0.4 is 19.8 Å². The Hall–Kier alpha value is -2.95. The van der Waals surface area contributed by atoms with E-state index in [4.69, 9.17) is 18.6 Å². The van der Waals surface area contributed by atoms with Crippen molar-refractivity contribution in [1.82, 2.24) is 0 Å². The average Bonchev–Trinajstić information content (AvgIpc) is 2.60. The highest BCUT2D eigenvalue weighted by Gasteiger charge is 2.12. The van der Waals surface area contributed by atoms with Gasteiger partial charge in [0.25, 0.3) is 0 Å². The summed E-state index contributed by atoms with van der Waals surface area (Å²) in [6.07, 6.45) is 0.